The van der Waals surface area contributed by atoms with Crippen LogP contribution in [0.1, 0.15) is 47.5 Å². The van der Waals surface area contributed by atoms with Crippen molar-refractivity contribution >= 4 is 11.9 Å². The molecule has 0 unspecified atom stereocenters. The van der Waals surface area contributed by atoms with Crippen molar-refractivity contribution in [3.63, 3.8) is 0 Å². The predicted molar refractivity (Wildman–Crippen MR) is 69.6 cm³/mol. The molecule has 1 fully saturated rings. The Morgan fingerprint density at radius 3 is 1.94 bits per heavy atom. The van der Waals surface area contributed by atoms with Gasteiger partial charge in [0.25, 0.3) is 0 Å². The number of amides is 3. The topological polar surface area (TPSA) is 87.5 Å². The van der Waals surface area contributed by atoms with Crippen molar-refractivity contribution in [2.45, 2.75) is 64.6 Å². The lowest BCUT2D eigenvalue weighted by molar-refractivity contribution is -0.147. The van der Waals surface area contributed by atoms with Gasteiger partial charge in [0.2, 0.25) is 5.91 Å². The summed E-state index contributed by atoms with van der Waals surface area (Å²) in [7, 11) is 0. The predicted octanol–water partition coefficient (Wildman–Crippen LogP) is 0.727. The second-order valence-electron chi connectivity index (χ2n) is 6.20. The maximum Gasteiger partial charge on any atom is 0.329 e. The first-order valence-corrected chi connectivity index (χ1v) is 6.18. The maximum absolute atomic E-state index is 11.8. The van der Waals surface area contributed by atoms with Gasteiger partial charge in [-0.15, -0.1) is 0 Å². The molecular formula is C12H24N4O2. The van der Waals surface area contributed by atoms with Crippen molar-refractivity contribution in [1.29, 1.82) is 0 Å². The van der Waals surface area contributed by atoms with Crippen LogP contribution in [0.5, 0.6) is 0 Å². The normalized spacial score (nSPS) is 22.4. The van der Waals surface area contributed by atoms with Crippen LogP contribution in [-0.2, 0) is 4.79 Å². The number of piperidine rings is 1. The molecular weight excluding hydrogens is 232 g/mol. The van der Waals surface area contributed by atoms with E-state index in [0.717, 1.165) is 0 Å². The van der Waals surface area contributed by atoms with Crippen LogP contribution in [0.15, 0.2) is 0 Å². The third-order valence-corrected chi connectivity index (χ3v) is 3.48. The number of carbonyl (C=O) groups excluding carboxylic acids is 2. The fourth-order valence-corrected chi connectivity index (χ4v) is 3.46. The van der Waals surface area contributed by atoms with Crippen molar-refractivity contribution in [3.8, 4) is 0 Å². The SMILES string of the molecule is CC(=O)N1C(C)(C)CC(NC(=O)NN)CC1(C)C. The highest BCUT2D eigenvalue weighted by atomic mass is 16.2. The molecule has 6 heteroatoms. The number of likely N-dealkylation sites (tertiary alicyclic amines) is 1. The van der Waals surface area contributed by atoms with Gasteiger partial charge < -0.3 is 10.2 Å². The highest BCUT2D eigenvalue weighted by Crippen LogP contribution is 2.38. The Balaban J connectivity index is 2.91. The molecule has 0 spiro atoms. The fraction of sp³-hybridized carbons (Fsp3) is 0.833. The molecule has 0 bridgehead atoms. The van der Waals surface area contributed by atoms with Gasteiger partial charge in [0.05, 0.1) is 0 Å². The van der Waals surface area contributed by atoms with E-state index in [4.69, 9.17) is 5.84 Å². The number of nitrogens with one attached hydrogen (secondary N) is 2. The zero-order chi connectivity index (χ0) is 14.1. The van der Waals surface area contributed by atoms with E-state index in [1.54, 1.807) is 6.92 Å². The molecule has 0 aliphatic carbocycles. The summed E-state index contributed by atoms with van der Waals surface area (Å²) in [5, 5.41) is 2.83. The van der Waals surface area contributed by atoms with Crippen LogP contribution in [-0.4, -0.2) is 34.0 Å². The van der Waals surface area contributed by atoms with Crippen molar-refractivity contribution in [2.24, 2.45) is 5.84 Å². The Morgan fingerprint density at radius 2 is 1.61 bits per heavy atom. The highest BCUT2D eigenvalue weighted by Gasteiger charge is 2.46. The average Bonchev–Trinajstić information content (AvgIpc) is 2.11. The first kappa shape index (κ1) is 14.8. The summed E-state index contributed by atoms with van der Waals surface area (Å²) in [4.78, 5) is 25.0. The molecule has 1 aliphatic heterocycles. The highest BCUT2D eigenvalue weighted by molar-refractivity contribution is 5.76. The molecule has 0 aromatic carbocycles. The minimum Gasteiger partial charge on any atom is -0.334 e. The van der Waals surface area contributed by atoms with Crippen molar-refractivity contribution < 1.29 is 9.59 Å². The Hall–Kier alpha value is -1.30. The summed E-state index contributed by atoms with van der Waals surface area (Å²) in [6, 6.07) is -0.378. The van der Waals surface area contributed by atoms with Crippen LogP contribution < -0.4 is 16.6 Å². The van der Waals surface area contributed by atoms with E-state index < -0.39 is 0 Å². The number of hydrazine groups is 1. The lowest BCUT2D eigenvalue weighted by Crippen LogP contribution is -2.66. The molecule has 4 N–H and O–H groups in total. The first-order valence-electron chi connectivity index (χ1n) is 6.18. The number of rotatable bonds is 1. The van der Waals surface area contributed by atoms with Crippen LogP contribution >= 0.6 is 0 Å². The number of nitrogens with zero attached hydrogens (tertiary/aromatic N) is 1. The molecule has 0 aromatic heterocycles. The second kappa shape index (κ2) is 4.76. The number of carbonyl (C=O) groups is 2. The summed E-state index contributed by atoms with van der Waals surface area (Å²) >= 11 is 0. The molecule has 18 heavy (non-hydrogen) atoms. The van der Waals surface area contributed by atoms with E-state index in [0.29, 0.717) is 12.8 Å². The van der Waals surface area contributed by atoms with Gasteiger partial charge in [-0.25, -0.2) is 10.6 Å². The summed E-state index contributed by atoms with van der Waals surface area (Å²) in [5.74, 6) is 5.14. The summed E-state index contributed by atoms with van der Waals surface area (Å²) < 4.78 is 0. The van der Waals surface area contributed by atoms with Gasteiger partial charge >= 0.3 is 6.03 Å². The monoisotopic (exact) mass is 256 g/mol. The van der Waals surface area contributed by atoms with Crippen LogP contribution in [0.4, 0.5) is 4.79 Å². The molecule has 6 nitrogen and oxygen atoms in total. The van der Waals surface area contributed by atoms with Crippen LogP contribution in [0.25, 0.3) is 0 Å². The number of nitrogens with two attached hydrogens (primary N) is 1. The minimum atomic E-state index is -0.386. The van der Waals surface area contributed by atoms with E-state index in [9.17, 15) is 9.59 Å². The number of hydrogen-bond donors (Lipinski definition) is 3. The minimum absolute atomic E-state index is 0.00847. The molecule has 104 valence electrons. The Bertz CT molecular complexity index is 334. The molecule has 3 amide bonds. The summed E-state index contributed by atoms with van der Waals surface area (Å²) in [6.07, 6.45) is 1.42. The summed E-state index contributed by atoms with van der Waals surface area (Å²) in [6.45, 7) is 9.66. The van der Waals surface area contributed by atoms with Gasteiger partial charge in [0, 0.05) is 24.0 Å². The molecule has 0 radical (unpaired) electrons. The molecule has 0 aromatic rings. The fourth-order valence-electron chi connectivity index (χ4n) is 3.46. The van der Waals surface area contributed by atoms with Crippen molar-refractivity contribution in [3.05, 3.63) is 0 Å². The molecule has 1 aliphatic rings. The lowest BCUT2D eigenvalue weighted by atomic mass is 9.77. The van der Waals surface area contributed by atoms with Gasteiger partial charge in [0.15, 0.2) is 0 Å². The Kier molecular flexibility index (Phi) is 3.90. The maximum atomic E-state index is 11.8. The molecule has 1 heterocycles. The standard InChI is InChI=1S/C12H24N4O2/c1-8(17)16-11(2,3)6-9(7-12(16,4)5)14-10(18)15-13/h9H,6-7,13H2,1-5H3,(H2,14,15,18). The van der Waals surface area contributed by atoms with Gasteiger partial charge in [-0.1, -0.05) is 0 Å². The Morgan fingerprint density at radius 1 is 1.17 bits per heavy atom. The molecule has 0 saturated carbocycles. The van der Waals surface area contributed by atoms with E-state index >= 15 is 0 Å². The second-order valence-corrected chi connectivity index (χ2v) is 6.20. The molecule has 0 atom stereocenters. The lowest BCUT2D eigenvalue weighted by Gasteiger charge is -2.55. The van der Waals surface area contributed by atoms with E-state index in [1.165, 1.54) is 0 Å². The zero-order valence-corrected chi connectivity index (χ0v) is 11.8. The third-order valence-electron chi connectivity index (χ3n) is 3.48. The number of hydrogen-bond acceptors (Lipinski definition) is 3. The zero-order valence-electron chi connectivity index (χ0n) is 11.8. The van der Waals surface area contributed by atoms with Gasteiger partial charge in [0.1, 0.15) is 0 Å². The Labute approximate surface area is 108 Å². The van der Waals surface area contributed by atoms with E-state index in [-0.39, 0.29) is 29.1 Å². The first-order chi connectivity index (χ1) is 8.10. The smallest absolute Gasteiger partial charge is 0.329 e. The third kappa shape index (κ3) is 2.93. The van der Waals surface area contributed by atoms with Gasteiger partial charge in [-0.2, -0.15) is 0 Å². The van der Waals surface area contributed by atoms with E-state index in [2.05, 4.69) is 10.7 Å². The van der Waals surface area contributed by atoms with Crippen LogP contribution in [0, 0.1) is 0 Å². The summed E-state index contributed by atoms with van der Waals surface area (Å²) in [5.41, 5.74) is 1.49. The molecule has 1 rings (SSSR count). The average molecular weight is 256 g/mol. The van der Waals surface area contributed by atoms with Crippen LogP contribution in [0.3, 0.4) is 0 Å². The van der Waals surface area contributed by atoms with E-state index in [1.807, 2.05) is 32.6 Å². The van der Waals surface area contributed by atoms with Gasteiger partial charge in [-0.3, -0.25) is 10.2 Å². The van der Waals surface area contributed by atoms with Gasteiger partial charge in [-0.05, 0) is 40.5 Å². The van der Waals surface area contributed by atoms with Crippen molar-refractivity contribution in [2.75, 3.05) is 0 Å². The van der Waals surface area contributed by atoms with Crippen molar-refractivity contribution in [1.82, 2.24) is 15.6 Å². The molecule has 1 saturated heterocycles. The number of urea groups is 1. The largest absolute Gasteiger partial charge is 0.334 e. The van der Waals surface area contributed by atoms with Crippen LogP contribution in [0.2, 0.25) is 0 Å². The quantitative estimate of drug-likeness (QED) is 0.367.